The monoisotopic (exact) mass is 601 g/mol. The number of imidazole rings is 1. The number of benzene rings is 2. The molecule has 236 valence electrons. The molecule has 2 N–H and O–H groups in total. The number of amides is 2. The predicted molar refractivity (Wildman–Crippen MR) is 168 cm³/mol. The van der Waals surface area contributed by atoms with E-state index >= 15 is 0 Å². The fraction of sp³-hybridized carbons (Fsp3) is 0.424. The number of halogens is 3. The van der Waals surface area contributed by atoms with Crippen LogP contribution in [0.25, 0.3) is 11.0 Å². The molecule has 1 fully saturated rings. The van der Waals surface area contributed by atoms with Crippen LogP contribution in [0, 0.1) is 0 Å². The number of hydrogen-bond acceptors (Lipinski definition) is 4. The van der Waals surface area contributed by atoms with Gasteiger partial charge in [0, 0.05) is 40.0 Å². The number of hydrogen-bond donors (Lipinski definition) is 2. The largest absolute Gasteiger partial charge is 0.389 e. The summed E-state index contributed by atoms with van der Waals surface area (Å²) in [5.74, 6) is -0.402. The van der Waals surface area contributed by atoms with Gasteiger partial charge in [-0.25, -0.2) is 4.98 Å². The molecule has 2 amide bonds. The lowest BCUT2D eigenvalue weighted by Gasteiger charge is -2.31. The van der Waals surface area contributed by atoms with Crippen LogP contribution < -0.4 is 10.6 Å². The zero-order valence-corrected chi connectivity index (χ0v) is 25.4. The van der Waals surface area contributed by atoms with E-state index in [0.717, 1.165) is 36.0 Å². The maximum atomic E-state index is 13.3. The van der Waals surface area contributed by atoms with Gasteiger partial charge in [-0.2, -0.15) is 13.2 Å². The Hall–Kier alpha value is -4.08. The van der Waals surface area contributed by atoms with Crippen molar-refractivity contribution in [3.05, 3.63) is 91.4 Å². The van der Waals surface area contributed by atoms with E-state index in [-0.39, 0.29) is 33.3 Å². The van der Waals surface area contributed by atoms with Gasteiger partial charge >= 0.3 is 6.18 Å². The Bertz CT molecular complexity index is 1330. The average Bonchev–Trinajstić information content (AvgIpc) is 3.62. The normalized spacial score (nSPS) is 15.0. The number of carbonyl (C=O) groups is 2. The number of rotatable bonds is 11. The number of aryl methyl sites for hydroxylation is 1. The molecule has 0 saturated carbocycles. The Morgan fingerprint density at radius 1 is 1.09 bits per heavy atom. The van der Waals surface area contributed by atoms with E-state index in [4.69, 9.17) is 0 Å². The van der Waals surface area contributed by atoms with E-state index in [2.05, 4.69) is 52.4 Å². The van der Waals surface area contributed by atoms with Crippen molar-refractivity contribution < 1.29 is 24.2 Å². The lowest BCUT2D eigenvalue weighted by Crippen LogP contribution is -2.47. The van der Waals surface area contributed by atoms with E-state index in [9.17, 15) is 22.8 Å². The average molecular weight is 602 g/mol. The Morgan fingerprint density at radius 2 is 1.74 bits per heavy atom. The zero-order valence-electron chi connectivity index (χ0n) is 25.4. The van der Waals surface area contributed by atoms with E-state index in [0.29, 0.717) is 11.5 Å². The third-order valence-corrected chi connectivity index (χ3v) is 7.10. The number of fused-ring (bicyclic) bond motifs is 1. The van der Waals surface area contributed by atoms with Crippen LogP contribution in [0.3, 0.4) is 0 Å². The molecule has 10 heteroatoms. The molecular weight excluding hydrogens is 555 g/mol. The second-order valence-corrected chi connectivity index (χ2v) is 9.91. The van der Waals surface area contributed by atoms with Gasteiger partial charge in [-0.1, -0.05) is 62.9 Å². The minimum absolute atomic E-state index is 0. The summed E-state index contributed by atoms with van der Waals surface area (Å²) in [7, 11) is 1.86. The Labute approximate surface area is 254 Å². The maximum absolute atomic E-state index is 13.3. The van der Waals surface area contributed by atoms with Crippen LogP contribution in [-0.4, -0.2) is 45.0 Å². The molecule has 0 radical (unpaired) electrons. The number of nitrogens with zero attached hydrogens (tertiary/aromatic N) is 3. The highest BCUT2D eigenvalue weighted by Crippen LogP contribution is 2.35. The van der Waals surface area contributed by atoms with Gasteiger partial charge in [0.05, 0.1) is 23.6 Å². The van der Waals surface area contributed by atoms with Gasteiger partial charge in [0.25, 0.3) is 0 Å². The van der Waals surface area contributed by atoms with Crippen molar-refractivity contribution in [3.8, 4) is 0 Å². The number of carbonyl (C=O) groups excluding carboxylic acids is 2. The molecule has 1 aromatic heterocycles. The highest BCUT2D eigenvalue weighted by Gasteiger charge is 2.31. The second-order valence-electron chi connectivity index (χ2n) is 9.91. The van der Waals surface area contributed by atoms with Crippen LogP contribution in [0.2, 0.25) is 0 Å². The molecule has 0 spiro atoms. The van der Waals surface area contributed by atoms with E-state index < -0.39 is 30.5 Å². The van der Waals surface area contributed by atoms with Crippen LogP contribution >= 0.6 is 0 Å². The minimum atomic E-state index is -4.33. The Morgan fingerprint density at radius 3 is 2.40 bits per heavy atom. The third kappa shape index (κ3) is 10.3. The molecule has 43 heavy (non-hydrogen) atoms. The van der Waals surface area contributed by atoms with Crippen LogP contribution in [0.5, 0.6) is 0 Å². The number of nitrogens with one attached hydrogen (secondary N) is 2. The molecule has 1 aliphatic heterocycles. The lowest BCUT2D eigenvalue weighted by molar-refractivity contribution is -0.138. The first-order chi connectivity index (χ1) is 20.6. The van der Waals surface area contributed by atoms with Gasteiger partial charge in [0.1, 0.15) is 11.9 Å². The zero-order chi connectivity index (χ0) is 32.0. The van der Waals surface area contributed by atoms with Crippen LogP contribution in [0.15, 0.2) is 80.0 Å². The molecule has 2 atom stereocenters. The highest BCUT2D eigenvalue weighted by molar-refractivity contribution is 5.88. The minimum Gasteiger partial charge on any atom is -0.368 e. The lowest BCUT2D eigenvalue weighted by atomic mass is 10.0. The Balaban J connectivity index is 0.00000186. The maximum Gasteiger partial charge on any atom is 0.389 e. The molecule has 7 nitrogen and oxygen atoms in total. The Kier molecular flexibility index (Phi) is 14.0. The molecule has 1 aliphatic rings. The highest BCUT2D eigenvalue weighted by atomic mass is 19.4. The molecule has 4 rings (SSSR count). The number of aromatic nitrogens is 2. The van der Waals surface area contributed by atoms with Crippen molar-refractivity contribution in [1.29, 1.82) is 0 Å². The third-order valence-electron chi connectivity index (χ3n) is 7.10. The fourth-order valence-corrected chi connectivity index (χ4v) is 5.09. The topological polar surface area (TPSA) is 79.3 Å². The predicted octanol–water partition coefficient (Wildman–Crippen LogP) is 7.22. The molecule has 0 unspecified atom stereocenters. The summed E-state index contributed by atoms with van der Waals surface area (Å²) in [5.41, 5.74) is 3.56. The summed E-state index contributed by atoms with van der Waals surface area (Å²) >= 11 is 0. The SMILES string of the molecule is C=C.C=C(C[C@H](NC(=O)CCCC(F)(F)F)C(=O)NCc1nc2ccccc2n1C)N1CCC[C@@H]1c1ccccc1.CC.[HH]. The first-order valence-corrected chi connectivity index (χ1v) is 14.7. The smallest absolute Gasteiger partial charge is 0.368 e. The van der Waals surface area contributed by atoms with Gasteiger partial charge in [-0.05, 0) is 37.0 Å². The molecule has 2 aromatic carbocycles. The summed E-state index contributed by atoms with van der Waals surface area (Å²) in [6, 6.07) is 16.8. The van der Waals surface area contributed by atoms with E-state index in [1.54, 1.807) is 0 Å². The number of alkyl halides is 3. The molecule has 3 aromatic rings. The van der Waals surface area contributed by atoms with Crippen LogP contribution in [0.1, 0.15) is 71.2 Å². The number of para-hydroxylation sites is 2. The van der Waals surface area contributed by atoms with E-state index in [1.807, 2.05) is 67.9 Å². The van der Waals surface area contributed by atoms with Crippen molar-refractivity contribution in [2.75, 3.05) is 6.54 Å². The molecule has 0 aliphatic carbocycles. The molecule has 0 bridgehead atoms. The second kappa shape index (κ2) is 17.1. The van der Waals surface area contributed by atoms with Crippen molar-refractivity contribution in [1.82, 2.24) is 25.1 Å². The van der Waals surface area contributed by atoms with Gasteiger partial charge in [-0.3, -0.25) is 9.59 Å². The molecular formula is C33H46F3N5O2. The van der Waals surface area contributed by atoms with E-state index in [1.165, 1.54) is 0 Å². The van der Waals surface area contributed by atoms with Crippen LogP contribution in [-0.2, 0) is 23.2 Å². The first-order valence-electron chi connectivity index (χ1n) is 14.7. The van der Waals surface area contributed by atoms with Crippen molar-refractivity contribution in [2.24, 2.45) is 7.05 Å². The summed E-state index contributed by atoms with van der Waals surface area (Å²) < 4.78 is 39.6. The standard InChI is InChI=1S/C29H34F3N5O2.C2H6.C2H4.H2/c1-20(37-17-9-14-24(37)21-10-4-3-5-11-21)18-23(35-27(38)15-8-16-29(30,31)32)28(39)33-19-26-34-22-12-6-7-13-25(22)36(26)2;2*1-2;/h3-7,10-13,23-24H,1,8-9,14-19H2,2H3,(H,33,39)(H,35,38);1-2H3;1-2H2;1H/t23-,24+;;;/m0.../s1. The van der Waals surface area contributed by atoms with Crippen molar-refractivity contribution >= 4 is 22.8 Å². The van der Waals surface area contributed by atoms with Gasteiger partial charge in [0.15, 0.2) is 0 Å². The van der Waals surface area contributed by atoms with Crippen LogP contribution in [0.4, 0.5) is 13.2 Å². The summed E-state index contributed by atoms with van der Waals surface area (Å²) in [4.78, 5) is 32.6. The van der Waals surface area contributed by atoms with Gasteiger partial charge in [-0.15, -0.1) is 13.2 Å². The van der Waals surface area contributed by atoms with Gasteiger partial charge < -0.3 is 20.1 Å². The molecule has 1 saturated heterocycles. The summed E-state index contributed by atoms with van der Waals surface area (Å²) in [5, 5.41) is 5.51. The summed E-state index contributed by atoms with van der Waals surface area (Å²) in [6.07, 6.45) is -4.00. The molecule has 2 heterocycles. The van der Waals surface area contributed by atoms with Crippen molar-refractivity contribution in [2.45, 2.75) is 77.2 Å². The summed E-state index contributed by atoms with van der Waals surface area (Å²) in [6.45, 7) is 15.1. The fourth-order valence-electron chi connectivity index (χ4n) is 5.09. The first kappa shape index (κ1) is 35.1. The van der Waals surface area contributed by atoms with Crippen molar-refractivity contribution in [3.63, 3.8) is 0 Å². The number of likely N-dealkylation sites (tertiary alicyclic amines) is 1. The van der Waals surface area contributed by atoms with Gasteiger partial charge in [0.2, 0.25) is 11.8 Å². The quantitative estimate of drug-likeness (QED) is 0.228.